The van der Waals surface area contributed by atoms with Crippen LogP contribution in [0.4, 0.5) is 10.5 Å². The molecular weight excluding hydrogens is 382 g/mol. The van der Waals surface area contributed by atoms with Crippen LogP contribution in [0, 0.1) is 0 Å². The molecule has 0 radical (unpaired) electrons. The van der Waals surface area contributed by atoms with E-state index in [0.29, 0.717) is 17.8 Å². The van der Waals surface area contributed by atoms with Crippen molar-refractivity contribution < 1.29 is 18.7 Å². The summed E-state index contributed by atoms with van der Waals surface area (Å²) in [6.45, 7) is 7.91. The lowest BCUT2D eigenvalue weighted by Gasteiger charge is -2.33. The van der Waals surface area contributed by atoms with Gasteiger partial charge in [-0.15, -0.1) is 0 Å². The SMILES string of the molecule is CC(C)(C)OC(=O)Nc1ccc(C(=O)NCC(c2ccco2)N2CCCCC2)cc1. The molecule has 7 nitrogen and oxygen atoms in total. The molecule has 1 aromatic carbocycles. The number of piperidine rings is 1. The van der Waals surface area contributed by atoms with Crippen LogP contribution >= 0.6 is 0 Å². The van der Waals surface area contributed by atoms with Gasteiger partial charge in [0.05, 0.1) is 12.3 Å². The number of likely N-dealkylation sites (tertiary alicyclic amines) is 1. The van der Waals surface area contributed by atoms with Crippen molar-refractivity contribution in [1.29, 1.82) is 0 Å². The number of nitrogens with zero attached hydrogens (tertiary/aromatic N) is 1. The van der Waals surface area contributed by atoms with E-state index in [4.69, 9.17) is 9.15 Å². The first-order chi connectivity index (χ1) is 14.3. The fraction of sp³-hybridized carbons (Fsp3) is 0.478. The Morgan fingerprint density at radius 3 is 2.40 bits per heavy atom. The minimum absolute atomic E-state index is 0.0253. The smallest absolute Gasteiger partial charge is 0.412 e. The van der Waals surface area contributed by atoms with Gasteiger partial charge in [-0.2, -0.15) is 0 Å². The molecule has 1 aromatic heterocycles. The zero-order chi connectivity index (χ0) is 21.6. The number of benzene rings is 1. The maximum atomic E-state index is 12.7. The first kappa shape index (κ1) is 21.9. The number of rotatable bonds is 6. The molecule has 1 aliphatic rings. The first-order valence-corrected chi connectivity index (χ1v) is 10.5. The molecule has 2 N–H and O–H groups in total. The lowest BCUT2D eigenvalue weighted by molar-refractivity contribution is 0.0635. The highest BCUT2D eigenvalue weighted by molar-refractivity contribution is 5.95. The number of hydrogen-bond donors (Lipinski definition) is 2. The van der Waals surface area contributed by atoms with Crippen molar-refractivity contribution >= 4 is 17.7 Å². The highest BCUT2D eigenvalue weighted by atomic mass is 16.6. The number of amides is 2. The van der Waals surface area contributed by atoms with Gasteiger partial charge in [0.25, 0.3) is 5.91 Å². The van der Waals surface area contributed by atoms with Gasteiger partial charge in [0, 0.05) is 17.8 Å². The van der Waals surface area contributed by atoms with Crippen LogP contribution in [0.2, 0.25) is 0 Å². The normalized spacial score (nSPS) is 16.0. The molecule has 162 valence electrons. The minimum atomic E-state index is -0.567. The summed E-state index contributed by atoms with van der Waals surface area (Å²) >= 11 is 0. The molecule has 0 saturated carbocycles. The molecule has 2 amide bonds. The quantitative estimate of drug-likeness (QED) is 0.724. The number of anilines is 1. The Labute approximate surface area is 177 Å². The number of furan rings is 1. The van der Waals surface area contributed by atoms with Crippen molar-refractivity contribution in [3.8, 4) is 0 Å². The van der Waals surface area contributed by atoms with Gasteiger partial charge in [-0.25, -0.2) is 4.79 Å². The predicted molar refractivity (Wildman–Crippen MR) is 116 cm³/mol. The van der Waals surface area contributed by atoms with E-state index in [1.165, 1.54) is 6.42 Å². The molecule has 1 aliphatic heterocycles. The fourth-order valence-electron chi connectivity index (χ4n) is 3.54. The molecule has 0 aliphatic carbocycles. The summed E-state index contributed by atoms with van der Waals surface area (Å²) in [4.78, 5) is 26.9. The molecule has 1 saturated heterocycles. The Kier molecular flexibility index (Phi) is 7.15. The zero-order valence-corrected chi connectivity index (χ0v) is 17.9. The summed E-state index contributed by atoms with van der Waals surface area (Å²) in [7, 11) is 0. The zero-order valence-electron chi connectivity index (χ0n) is 17.9. The Morgan fingerprint density at radius 1 is 1.10 bits per heavy atom. The first-order valence-electron chi connectivity index (χ1n) is 10.5. The van der Waals surface area contributed by atoms with Gasteiger partial charge in [-0.05, 0) is 83.1 Å². The molecule has 7 heteroatoms. The summed E-state index contributed by atoms with van der Waals surface area (Å²) in [5, 5.41) is 5.69. The van der Waals surface area contributed by atoms with Gasteiger partial charge in [0.1, 0.15) is 11.4 Å². The second-order valence-corrected chi connectivity index (χ2v) is 8.54. The van der Waals surface area contributed by atoms with E-state index < -0.39 is 11.7 Å². The van der Waals surface area contributed by atoms with E-state index in [2.05, 4.69) is 15.5 Å². The van der Waals surface area contributed by atoms with E-state index in [1.807, 2.05) is 12.1 Å². The molecule has 3 rings (SSSR count). The van der Waals surface area contributed by atoms with Crippen LogP contribution in [-0.4, -0.2) is 42.1 Å². The van der Waals surface area contributed by atoms with Crippen LogP contribution < -0.4 is 10.6 Å². The number of carbonyl (C=O) groups excluding carboxylic acids is 2. The summed E-state index contributed by atoms with van der Waals surface area (Å²) in [6.07, 6.45) is 4.72. The van der Waals surface area contributed by atoms with Gasteiger partial charge >= 0.3 is 6.09 Å². The number of carbonyl (C=O) groups is 2. The third-order valence-electron chi connectivity index (χ3n) is 4.95. The van der Waals surface area contributed by atoms with Gasteiger partial charge in [-0.3, -0.25) is 15.0 Å². The van der Waals surface area contributed by atoms with Gasteiger partial charge in [0.2, 0.25) is 0 Å². The molecule has 0 bridgehead atoms. The largest absolute Gasteiger partial charge is 0.468 e. The van der Waals surface area contributed by atoms with E-state index in [1.54, 1.807) is 51.3 Å². The fourth-order valence-corrected chi connectivity index (χ4v) is 3.54. The number of ether oxygens (including phenoxy) is 1. The lowest BCUT2D eigenvalue weighted by Crippen LogP contribution is -2.40. The summed E-state index contributed by atoms with van der Waals surface area (Å²) in [6, 6.07) is 10.6. The van der Waals surface area contributed by atoms with Crippen LogP contribution in [0.1, 0.15) is 62.2 Å². The van der Waals surface area contributed by atoms with Crippen molar-refractivity contribution in [3.05, 3.63) is 54.0 Å². The monoisotopic (exact) mass is 413 g/mol. The maximum absolute atomic E-state index is 12.7. The average molecular weight is 414 g/mol. The number of hydrogen-bond acceptors (Lipinski definition) is 5. The van der Waals surface area contributed by atoms with Gasteiger partial charge in [0.15, 0.2) is 0 Å². The number of nitrogens with one attached hydrogen (secondary N) is 2. The molecule has 30 heavy (non-hydrogen) atoms. The van der Waals surface area contributed by atoms with E-state index in [9.17, 15) is 9.59 Å². The van der Waals surface area contributed by atoms with Crippen LogP contribution in [0.15, 0.2) is 47.1 Å². The minimum Gasteiger partial charge on any atom is -0.468 e. The predicted octanol–water partition coefficient (Wildman–Crippen LogP) is 4.58. The Balaban J connectivity index is 1.57. The van der Waals surface area contributed by atoms with Crippen molar-refractivity contribution in [2.24, 2.45) is 0 Å². The van der Waals surface area contributed by atoms with Gasteiger partial charge < -0.3 is 14.5 Å². The molecule has 0 spiro atoms. The van der Waals surface area contributed by atoms with Crippen LogP contribution in [0.5, 0.6) is 0 Å². The van der Waals surface area contributed by atoms with E-state index in [0.717, 1.165) is 31.7 Å². The van der Waals surface area contributed by atoms with Crippen molar-refractivity contribution in [3.63, 3.8) is 0 Å². The lowest BCUT2D eigenvalue weighted by atomic mass is 10.1. The maximum Gasteiger partial charge on any atom is 0.412 e. The third-order valence-corrected chi connectivity index (χ3v) is 4.95. The van der Waals surface area contributed by atoms with E-state index in [-0.39, 0.29) is 11.9 Å². The topological polar surface area (TPSA) is 83.8 Å². The Morgan fingerprint density at radius 2 is 1.80 bits per heavy atom. The molecule has 2 aromatic rings. The summed E-state index contributed by atoms with van der Waals surface area (Å²) < 4.78 is 10.9. The summed E-state index contributed by atoms with van der Waals surface area (Å²) in [5.74, 6) is 0.710. The molecule has 1 fully saturated rings. The Bertz CT molecular complexity index is 819. The van der Waals surface area contributed by atoms with Crippen LogP contribution in [-0.2, 0) is 4.74 Å². The summed E-state index contributed by atoms with van der Waals surface area (Å²) in [5.41, 5.74) is 0.534. The van der Waals surface area contributed by atoms with Crippen molar-refractivity contribution in [1.82, 2.24) is 10.2 Å². The van der Waals surface area contributed by atoms with Crippen LogP contribution in [0.25, 0.3) is 0 Å². The third kappa shape index (κ3) is 6.35. The highest BCUT2D eigenvalue weighted by Crippen LogP contribution is 2.24. The standard InChI is InChI=1S/C23H31N3O4/c1-23(2,3)30-22(28)25-18-11-9-17(10-12-18)21(27)24-16-19(20-8-7-15-29-20)26-13-5-4-6-14-26/h7-12,15,19H,4-6,13-14,16H2,1-3H3,(H,24,27)(H,25,28). The molecule has 2 heterocycles. The Hall–Kier alpha value is -2.80. The van der Waals surface area contributed by atoms with Gasteiger partial charge in [-0.1, -0.05) is 6.42 Å². The second kappa shape index (κ2) is 9.80. The molecule has 1 unspecified atom stereocenters. The molecular formula is C23H31N3O4. The van der Waals surface area contributed by atoms with Crippen LogP contribution in [0.3, 0.4) is 0 Å². The van der Waals surface area contributed by atoms with E-state index >= 15 is 0 Å². The second-order valence-electron chi connectivity index (χ2n) is 8.54. The average Bonchev–Trinajstić information content (AvgIpc) is 3.22. The van der Waals surface area contributed by atoms with Crippen molar-refractivity contribution in [2.45, 2.75) is 51.7 Å². The highest BCUT2D eigenvalue weighted by Gasteiger charge is 2.25. The molecule has 1 atom stereocenters. The van der Waals surface area contributed by atoms with Crippen molar-refractivity contribution in [2.75, 3.05) is 25.0 Å².